The van der Waals surface area contributed by atoms with Gasteiger partial charge in [-0.25, -0.2) is 4.79 Å². The van der Waals surface area contributed by atoms with Gasteiger partial charge in [0.15, 0.2) is 0 Å². The highest BCUT2D eigenvalue weighted by atomic mass is 16.3. The number of hydrogen-bond donors (Lipinski definition) is 1. The summed E-state index contributed by atoms with van der Waals surface area (Å²) in [5.74, 6) is 0.737. The van der Waals surface area contributed by atoms with E-state index in [0.717, 1.165) is 29.0 Å². The number of carbonyl (C=O) groups is 1. The number of benzene rings is 1. The lowest BCUT2D eigenvalue weighted by atomic mass is 10.1. The summed E-state index contributed by atoms with van der Waals surface area (Å²) < 4.78 is 5.49. The van der Waals surface area contributed by atoms with Crippen LogP contribution < -0.4 is 5.32 Å². The van der Waals surface area contributed by atoms with E-state index in [9.17, 15) is 4.79 Å². The summed E-state index contributed by atoms with van der Waals surface area (Å²) in [4.78, 5) is 14.3. The van der Waals surface area contributed by atoms with Gasteiger partial charge in [-0.3, -0.25) is 0 Å². The molecule has 20 heavy (non-hydrogen) atoms. The molecule has 1 aromatic heterocycles. The van der Waals surface area contributed by atoms with Gasteiger partial charge in [-0.1, -0.05) is 18.2 Å². The number of urea groups is 1. The first-order chi connectivity index (χ1) is 9.81. The van der Waals surface area contributed by atoms with Crippen LogP contribution in [-0.2, 0) is 6.54 Å². The number of hydrogen-bond acceptors (Lipinski definition) is 2. The second-order valence-electron chi connectivity index (χ2n) is 5.90. The molecule has 2 aromatic rings. The number of fused-ring (bicyclic) bond motifs is 3. The van der Waals surface area contributed by atoms with Crippen LogP contribution in [0.5, 0.6) is 0 Å². The number of likely N-dealkylation sites (tertiary alicyclic amines) is 1. The summed E-state index contributed by atoms with van der Waals surface area (Å²) in [5, 5.41) is 4.11. The molecule has 2 fully saturated rings. The fourth-order valence-corrected chi connectivity index (χ4v) is 3.62. The molecule has 4 rings (SSSR count). The van der Waals surface area contributed by atoms with Gasteiger partial charge in [0, 0.05) is 30.1 Å². The molecule has 2 unspecified atom stereocenters. The van der Waals surface area contributed by atoms with Crippen LogP contribution in [0, 0.1) is 5.92 Å². The molecule has 1 saturated heterocycles. The van der Waals surface area contributed by atoms with Crippen molar-refractivity contribution in [2.75, 3.05) is 6.54 Å². The first kappa shape index (κ1) is 11.8. The second-order valence-corrected chi connectivity index (χ2v) is 5.90. The molecule has 104 valence electrons. The first-order valence-electron chi connectivity index (χ1n) is 7.31. The van der Waals surface area contributed by atoms with Crippen molar-refractivity contribution < 1.29 is 9.21 Å². The molecule has 1 aromatic carbocycles. The summed E-state index contributed by atoms with van der Waals surface area (Å²) in [7, 11) is 0. The highest BCUT2D eigenvalue weighted by molar-refractivity contribution is 5.82. The number of rotatable bonds is 2. The monoisotopic (exact) mass is 270 g/mol. The average molecular weight is 270 g/mol. The average Bonchev–Trinajstić information content (AvgIpc) is 3.19. The lowest BCUT2D eigenvalue weighted by molar-refractivity contribution is 0.180. The van der Waals surface area contributed by atoms with Crippen LogP contribution in [0.25, 0.3) is 11.0 Å². The minimum atomic E-state index is 0.0717. The van der Waals surface area contributed by atoms with Crippen LogP contribution in [-0.4, -0.2) is 23.5 Å². The predicted octanol–water partition coefficient (Wildman–Crippen LogP) is 3.13. The maximum Gasteiger partial charge on any atom is 0.317 e. The number of amides is 2. The Morgan fingerprint density at radius 1 is 1.35 bits per heavy atom. The SMILES string of the molecule is O=C(NCc1coc2ccccc12)N1CC2CCC1C2. The summed E-state index contributed by atoms with van der Waals surface area (Å²) in [6.07, 6.45) is 5.40. The van der Waals surface area contributed by atoms with Gasteiger partial charge in [-0.2, -0.15) is 0 Å². The third kappa shape index (κ3) is 1.87. The largest absolute Gasteiger partial charge is 0.464 e. The molecule has 4 nitrogen and oxygen atoms in total. The molecule has 2 amide bonds. The van der Waals surface area contributed by atoms with Crippen LogP contribution >= 0.6 is 0 Å². The molecule has 1 aliphatic carbocycles. The van der Waals surface area contributed by atoms with E-state index in [2.05, 4.69) is 5.32 Å². The van der Waals surface area contributed by atoms with Crippen molar-refractivity contribution in [3.8, 4) is 0 Å². The summed E-state index contributed by atoms with van der Waals surface area (Å²) in [6.45, 7) is 1.46. The Hall–Kier alpha value is -1.97. The fraction of sp³-hybridized carbons (Fsp3) is 0.438. The topological polar surface area (TPSA) is 45.5 Å². The Kier molecular flexibility index (Phi) is 2.69. The highest BCUT2D eigenvalue weighted by Gasteiger charge is 2.40. The summed E-state index contributed by atoms with van der Waals surface area (Å²) in [6, 6.07) is 8.46. The third-order valence-corrected chi connectivity index (χ3v) is 4.66. The minimum absolute atomic E-state index is 0.0717. The Labute approximate surface area is 117 Å². The number of carbonyl (C=O) groups excluding carboxylic acids is 1. The van der Waals surface area contributed by atoms with Gasteiger partial charge in [0.05, 0.1) is 6.26 Å². The van der Waals surface area contributed by atoms with E-state index in [1.807, 2.05) is 29.2 Å². The number of furan rings is 1. The molecule has 2 atom stereocenters. The zero-order chi connectivity index (χ0) is 13.5. The van der Waals surface area contributed by atoms with E-state index >= 15 is 0 Å². The maximum absolute atomic E-state index is 12.3. The van der Waals surface area contributed by atoms with Crippen molar-refractivity contribution in [2.45, 2.75) is 31.8 Å². The molecule has 1 N–H and O–H groups in total. The Morgan fingerprint density at radius 2 is 2.25 bits per heavy atom. The maximum atomic E-state index is 12.3. The Bertz CT molecular complexity index is 649. The second kappa shape index (κ2) is 4.54. The van der Waals surface area contributed by atoms with Crippen LogP contribution in [0.1, 0.15) is 24.8 Å². The number of para-hydroxylation sites is 1. The third-order valence-electron chi connectivity index (χ3n) is 4.66. The first-order valence-corrected chi connectivity index (χ1v) is 7.31. The van der Waals surface area contributed by atoms with Crippen molar-refractivity contribution in [2.24, 2.45) is 5.92 Å². The van der Waals surface area contributed by atoms with Crippen LogP contribution in [0.4, 0.5) is 4.79 Å². The fourth-order valence-electron chi connectivity index (χ4n) is 3.62. The van der Waals surface area contributed by atoms with Crippen molar-refractivity contribution in [1.29, 1.82) is 0 Å². The van der Waals surface area contributed by atoms with E-state index in [4.69, 9.17) is 4.42 Å². The smallest absolute Gasteiger partial charge is 0.317 e. The zero-order valence-corrected chi connectivity index (χ0v) is 11.3. The quantitative estimate of drug-likeness (QED) is 0.911. The molecule has 2 heterocycles. The normalized spacial score (nSPS) is 24.5. The summed E-state index contributed by atoms with van der Waals surface area (Å²) in [5.41, 5.74) is 1.91. The lowest BCUT2D eigenvalue weighted by Crippen LogP contribution is -2.43. The molecule has 0 radical (unpaired) electrons. The van der Waals surface area contributed by atoms with Gasteiger partial charge in [-0.15, -0.1) is 0 Å². The van der Waals surface area contributed by atoms with Gasteiger partial charge in [0.1, 0.15) is 5.58 Å². The Morgan fingerprint density at radius 3 is 3.05 bits per heavy atom. The van der Waals surface area contributed by atoms with Crippen LogP contribution in [0.3, 0.4) is 0 Å². The van der Waals surface area contributed by atoms with E-state index < -0.39 is 0 Å². The molecule has 0 spiro atoms. The van der Waals surface area contributed by atoms with E-state index in [1.165, 1.54) is 19.3 Å². The van der Waals surface area contributed by atoms with Gasteiger partial charge in [-0.05, 0) is 31.2 Å². The molecular formula is C16H18N2O2. The van der Waals surface area contributed by atoms with Gasteiger partial charge >= 0.3 is 6.03 Å². The van der Waals surface area contributed by atoms with Crippen molar-refractivity contribution >= 4 is 17.0 Å². The number of piperidine rings is 1. The van der Waals surface area contributed by atoms with Crippen molar-refractivity contribution in [3.63, 3.8) is 0 Å². The lowest BCUT2D eigenvalue weighted by Gasteiger charge is -2.27. The van der Waals surface area contributed by atoms with Gasteiger partial charge in [0.25, 0.3) is 0 Å². The van der Waals surface area contributed by atoms with Crippen LogP contribution in [0.2, 0.25) is 0 Å². The van der Waals surface area contributed by atoms with Crippen LogP contribution in [0.15, 0.2) is 34.9 Å². The minimum Gasteiger partial charge on any atom is -0.464 e. The number of nitrogens with one attached hydrogen (secondary N) is 1. The molecular weight excluding hydrogens is 252 g/mol. The molecule has 1 aliphatic heterocycles. The van der Waals surface area contributed by atoms with Gasteiger partial charge < -0.3 is 14.6 Å². The molecule has 2 aliphatic rings. The predicted molar refractivity (Wildman–Crippen MR) is 76.3 cm³/mol. The zero-order valence-electron chi connectivity index (χ0n) is 11.3. The van der Waals surface area contributed by atoms with E-state index in [-0.39, 0.29) is 6.03 Å². The van der Waals surface area contributed by atoms with Crippen molar-refractivity contribution in [1.82, 2.24) is 10.2 Å². The Balaban J connectivity index is 1.44. The summed E-state index contributed by atoms with van der Waals surface area (Å²) >= 11 is 0. The standard InChI is InChI=1S/C16H18N2O2/c19-16(18-9-11-5-6-13(18)7-11)17-8-12-10-20-15-4-2-1-3-14(12)15/h1-4,10-11,13H,5-9H2,(H,17,19). The number of nitrogens with zero attached hydrogens (tertiary/aromatic N) is 1. The van der Waals surface area contributed by atoms with Gasteiger partial charge in [0.2, 0.25) is 0 Å². The molecule has 1 saturated carbocycles. The molecule has 4 heteroatoms. The van der Waals surface area contributed by atoms with E-state index in [0.29, 0.717) is 12.6 Å². The van der Waals surface area contributed by atoms with Crippen molar-refractivity contribution in [3.05, 3.63) is 36.1 Å². The molecule has 2 bridgehead atoms. The van der Waals surface area contributed by atoms with E-state index in [1.54, 1.807) is 6.26 Å². The highest BCUT2D eigenvalue weighted by Crippen LogP contribution is 2.37.